The Hall–Kier alpha value is -1.38. The van der Waals surface area contributed by atoms with Crippen LogP contribution >= 0.6 is 0 Å². The molecule has 0 saturated carbocycles. The lowest BCUT2D eigenvalue weighted by Gasteiger charge is -1.94. The van der Waals surface area contributed by atoms with Crippen LogP contribution in [-0.2, 0) is 11.8 Å². The fraction of sp³-hybridized carbons (Fsp3) is 0.222. The quantitative estimate of drug-likeness (QED) is 0.487. The molecule has 0 aliphatic carbocycles. The molecular formula is C9H11NO2. The van der Waals surface area contributed by atoms with Crippen molar-refractivity contribution in [2.24, 2.45) is 7.05 Å². The number of rotatable bonds is 2. The number of carbonyl (C=O) groups excluding carboxylic acids is 1. The van der Waals surface area contributed by atoms with Crippen molar-refractivity contribution in [1.29, 1.82) is 0 Å². The van der Waals surface area contributed by atoms with E-state index in [1.165, 1.54) is 7.11 Å². The van der Waals surface area contributed by atoms with E-state index >= 15 is 0 Å². The van der Waals surface area contributed by atoms with E-state index in [0.29, 0.717) is 5.69 Å². The minimum Gasteiger partial charge on any atom is -0.463 e. The van der Waals surface area contributed by atoms with Gasteiger partial charge in [0.25, 0.3) is 0 Å². The Labute approximate surface area is 72.0 Å². The minimum atomic E-state index is -0.328. The van der Waals surface area contributed by atoms with Crippen molar-refractivity contribution in [3.63, 3.8) is 0 Å². The number of aryl methyl sites for hydroxylation is 1. The Morgan fingerprint density at radius 1 is 1.75 bits per heavy atom. The smallest absolute Gasteiger partial charge is 0.369 e. The van der Waals surface area contributed by atoms with E-state index in [9.17, 15) is 4.79 Å². The first-order valence-electron chi connectivity index (χ1n) is 3.56. The molecule has 1 aromatic heterocycles. The molecule has 0 radical (unpaired) electrons. The van der Waals surface area contributed by atoms with Crippen LogP contribution in [0.2, 0.25) is 0 Å². The molecule has 0 bridgehead atoms. The van der Waals surface area contributed by atoms with Gasteiger partial charge < -0.3 is 4.74 Å². The second-order valence-corrected chi connectivity index (χ2v) is 2.47. The normalized spacial score (nSPS) is 9.58. The lowest BCUT2D eigenvalue weighted by Crippen LogP contribution is -2.06. The summed E-state index contributed by atoms with van der Waals surface area (Å²) < 4.78 is 6.29. The average Bonchev–Trinajstić information content (AvgIpc) is 2.45. The van der Waals surface area contributed by atoms with Crippen molar-refractivity contribution in [3.05, 3.63) is 36.9 Å². The summed E-state index contributed by atoms with van der Waals surface area (Å²) in [5.74, 6) is -0.328. The molecule has 64 valence electrons. The van der Waals surface area contributed by atoms with Gasteiger partial charge in [-0.05, 0) is 0 Å². The van der Waals surface area contributed by atoms with Crippen LogP contribution < -0.4 is 0 Å². The first-order valence-corrected chi connectivity index (χ1v) is 3.56. The third-order valence-corrected chi connectivity index (χ3v) is 1.66. The van der Waals surface area contributed by atoms with Gasteiger partial charge in [-0.15, -0.1) is 6.42 Å². The Morgan fingerprint density at radius 2 is 2.42 bits per heavy atom. The summed E-state index contributed by atoms with van der Waals surface area (Å²) in [6.07, 6.45) is 3.51. The second kappa shape index (κ2) is 3.34. The van der Waals surface area contributed by atoms with E-state index in [4.69, 9.17) is 0 Å². The molecule has 1 aromatic rings. The lowest BCUT2D eigenvalue weighted by atomic mass is 10.2. The van der Waals surface area contributed by atoms with Crippen LogP contribution in [0.3, 0.4) is 0 Å². The third kappa shape index (κ3) is 1.44. The van der Waals surface area contributed by atoms with Gasteiger partial charge in [0, 0.05) is 7.05 Å². The molecule has 0 atom stereocenters. The summed E-state index contributed by atoms with van der Waals surface area (Å²) in [7, 11) is 3.15. The summed E-state index contributed by atoms with van der Waals surface area (Å²) in [5.41, 5.74) is 1.45. The number of hydrogen-bond acceptors (Lipinski definition) is 2. The highest BCUT2D eigenvalue weighted by Gasteiger charge is 2.15. The minimum absolute atomic E-state index is 0.328. The van der Waals surface area contributed by atoms with Gasteiger partial charge in [0.2, 0.25) is 0 Å². The van der Waals surface area contributed by atoms with Crippen LogP contribution in [0.15, 0.2) is 12.3 Å². The van der Waals surface area contributed by atoms with Gasteiger partial charge >= 0.3 is 5.97 Å². The zero-order chi connectivity index (χ0) is 9.14. The van der Waals surface area contributed by atoms with E-state index in [-0.39, 0.29) is 5.97 Å². The molecule has 0 saturated heterocycles. The number of hydrogen-bond donors (Lipinski definition) is 0. The highest BCUT2D eigenvalue weighted by atomic mass is 16.5. The number of aromatic nitrogens is 1. The zero-order valence-corrected chi connectivity index (χ0v) is 7.20. The van der Waals surface area contributed by atoms with Crippen LogP contribution in [-0.4, -0.2) is 17.6 Å². The van der Waals surface area contributed by atoms with Gasteiger partial charge in [0.1, 0.15) is 11.8 Å². The predicted octanol–water partition coefficient (Wildman–Crippen LogP) is 1.20. The fourth-order valence-corrected chi connectivity index (χ4v) is 1.01. The zero-order valence-electron chi connectivity index (χ0n) is 7.20. The molecule has 0 aliphatic rings. The fourth-order valence-electron chi connectivity index (χ4n) is 1.01. The van der Waals surface area contributed by atoms with Crippen molar-refractivity contribution < 1.29 is 9.53 Å². The number of ether oxygens (including phenoxy) is 1. The maximum absolute atomic E-state index is 11.1. The highest BCUT2D eigenvalue weighted by Crippen LogP contribution is 2.09. The first kappa shape index (κ1) is 8.71. The molecule has 0 fully saturated rings. The molecular weight excluding hydrogens is 154 g/mol. The lowest BCUT2D eigenvalue weighted by molar-refractivity contribution is 0.0590. The third-order valence-electron chi connectivity index (χ3n) is 1.66. The number of methoxy groups -OCH3 is 1. The molecule has 1 rings (SSSR count). The molecule has 3 nitrogen and oxygen atoms in total. The highest BCUT2D eigenvalue weighted by molar-refractivity contribution is 5.88. The SMILES string of the molecule is [CH2-][CH+]c1cc(C(=O)OC)n(C)c1. The number of nitrogens with zero attached hydrogens (tertiary/aromatic N) is 1. The van der Waals surface area contributed by atoms with Crippen LogP contribution in [0.25, 0.3) is 0 Å². The van der Waals surface area contributed by atoms with Crippen molar-refractivity contribution in [2.75, 3.05) is 7.11 Å². The maximum atomic E-state index is 11.1. The number of esters is 1. The maximum Gasteiger partial charge on any atom is 0.369 e. The molecule has 0 spiro atoms. The van der Waals surface area contributed by atoms with Gasteiger partial charge in [-0.1, -0.05) is 0 Å². The standard InChI is InChI=1S/C9H11NO2/c1-4-7-5-8(9(11)12-3)10(2)6-7/h4-6H,1H2,2-3H3. The van der Waals surface area contributed by atoms with E-state index in [2.05, 4.69) is 11.7 Å². The summed E-state index contributed by atoms with van der Waals surface area (Å²) in [5, 5.41) is 0. The van der Waals surface area contributed by atoms with Crippen LogP contribution in [0.1, 0.15) is 16.1 Å². The van der Waals surface area contributed by atoms with E-state index in [1.807, 2.05) is 6.20 Å². The molecule has 3 heteroatoms. The summed E-state index contributed by atoms with van der Waals surface area (Å²) >= 11 is 0. The Balaban J connectivity index is 2.99. The van der Waals surface area contributed by atoms with Crippen LogP contribution in [0.4, 0.5) is 0 Å². The van der Waals surface area contributed by atoms with Gasteiger partial charge in [-0.25, -0.2) is 4.79 Å². The van der Waals surface area contributed by atoms with Gasteiger partial charge in [0.15, 0.2) is 5.69 Å². The van der Waals surface area contributed by atoms with E-state index in [0.717, 1.165) is 5.56 Å². The molecule has 0 aromatic carbocycles. The van der Waals surface area contributed by atoms with Gasteiger partial charge in [0.05, 0.1) is 13.2 Å². The predicted molar refractivity (Wildman–Crippen MR) is 45.5 cm³/mol. The Bertz CT molecular complexity index is 289. The van der Waals surface area contributed by atoms with Gasteiger partial charge in [-0.3, -0.25) is 11.5 Å². The van der Waals surface area contributed by atoms with Crippen LogP contribution in [0, 0.1) is 13.3 Å². The molecule has 0 N–H and O–H groups in total. The van der Waals surface area contributed by atoms with E-state index < -0.39 is 0 Å². The monoisotopic (exact) mass is 165 g/mol. The Morgan fingerprint density at radius 3 is 2.83 bits per heavy atom. The van der Waals surface area contributed by atoms with Crippen molar-refractivity contribution in [1.82, 2.24) is 4.57 Å². The largest absolute Gasteiger partial charge is 0.463 e. The van der Waals surface area contributed by atoms with E-state index in [1.54, 1.807) is 24.1 Å². The van der Waals surface area contributed by atoms with Crippen molar-refractivity contribution in [2.45, 2.75) is 0 Å². The summed E-state index contributed by atoms with van der Waals surface area (Å²) in [6.45, 7) is 3.61. The average molecular weight is 165 g/mol. The van der Waals surface area contributed by atoms with Gasteiger partial charge in [-0.2, -0.15) is 0 Å². The topological polar surface area (TPSA) is 31.2 Å². The molecule has 1 heterocycles. The first-order chi connectivity index (χ1) is 5.69. The molecule has 0 amide bonds. The summed E-state index contributed by atoms with van der Waals surface area (Å²) in [6, 6.07) is 1.73. The molecule has 12 heavy (non-hydrogen) atoms. The summed E-state index contributed by atoms with van der Waals surface area (Å²) in [4.78, 5) is 11.1. The van der Waals surface area contributed by atoms with Crippen molar-refractivity contribution in [3.8, 4) is 0 Å². The Kier molecular flexibility index (Phi) is 2.43. The van der Waals surface area contributed by atoms with Crippen LogP contribution in [0.5, 0.6) is 0 Å². The number of carbonyl (C=O) groups is 1. The molecule has 0 unspecified atom stereocenters. The van der Waals surface area contributed by atoms with Crippen molar-refractivity contribution >= 4 is 5.97 Å². The second-order valence-electron chi connectivity index (χ2n) is 2.47. The molecule has 0 aliphatic heterocycles.